The van der Waals surface area contributed by atoms with Crippen molar-refractivity contribution in [1.82, 2.24) is 10.4 Å². The van der Waals surface area contributed by atoms with E-state index in [0.29, 0.717) is 11.1 Å². The van der Waals surface area contributed by atoms with E-state index in [4.69, 9.17) is 21.1 Å². The van der Waals surface area contributed by atoms with Crippen LogP contribution in [0.3, 0.4) is 0 Å². The van der Waals surface area contributed by atoms with Crippen molar-refractivity contribution in [3.8, 4) is 22.8 Å². The first kappa shape index (κ1) is 31.2. The number of ether oxygens (including phenoxy) is 2. The number of hydrogen-bond acceptors (Lipinski definition) is 8. The molecule has 0 unspecified atom stereocenters. The van der Waals surface area contributed by atoms with Gasteiger partial charge in [0, 0.05) is 22.2 Å². The highest BCUT2D eigenvalue weighted by Crippen LogP contribution is 2.36. The van der Waals surface area contributed by atoms with E-state index in [1.165, 1.54) is 54.5 Å². The minimum absolute atomic E-state index is 0.0360. The molecular weight excluding hydrogens is 617 g/mol. The molecule has 0 saturated carbocycles. The van der Waals surface area contributed by atoms with Crippen LogP contribution in [-0.2, 0) is 4.79 Å². The van der Waals surface area contributed by atoms with Crippen LogP contribution in [0.1, 0.15) is 21.5 Å². The Balaban J connectivity index is 1.16. The van der Waals surface area contributed by atoms with Gasteiger partial charge in [-0.2, -0.15) is 5.10 Å². The van der Waals surface area contributed by atoms with Gasteiger partial charge >= 0.3 is 0 Å². The lowest BCUT2D eigenvalue weighted by Crippen LogP contribution is -2.21. The standard InChI is InChI=1S/C33H27ClFN5O4S/c1-20-7-13-24(14-8-20)37-33-39-28(19-45-33)22-9-11-23(12-10-22)32(42)40-36-17-21-15-25(34)31(29(16-21)43-2)44-18-30(41)38-27-6-4-3-5-26(27)35/h3-17,19H,18H2,1-2H3,(H,37,39)(H,38,41)(H,40,42)/b36-17+. The number of nitrogens with zero attached hydrogens (tertiary/aromatic N) is 2. The van der Waals surface area contributed by atoms with Gasteiger partial charge in [-0.25, -0.2) is 14.8 Å². The average molecular weight is 644 g/mol. The van der Waals surface area contributed by atoms with E-state index in [1.54, 1.807) is 24.3 Å². The molecule has 3 N–H and O–H groups in total. The summed E-state index contributed by atoms with van der Waals surface area (Å²) in [6, 6.07) is 24.0. The predicted molar refractivity (Wildman–Crippen MR) is 176 cm³/mol. The van der Waals surface area contributed by atoms with Gasteiger partial charge in [-0.15, -0.1) is 11.3 Å². The summed E-state index contributed by atoms with van der Waals surface area (Å²) in [5.41, 5.74) is 7.26. The molecule has 9 nitrogen and oxygen atoms in total. The highest BCUT2D eigenvalue weighted by Gasteiger charge is 2.15. The third-order valence-corrected chi connectivity index (χ3v) is 7.42. The second-order valence-electron chi connectivity index (χ2n) is 9.66. The predicted octanol–water partition coefficient (Wildman–Crippen LogP) is 7.44. The number of methoxy groups -OCH3 is 1. The summed E-state index contributed by atoms with van der Waals surface area (Å²) in [5.74, 6) is -1.18. The number of thiazole rings is 1. The summed E-state index contributed by atoms with van der Waals surface area (Å²) >= 11 is 7.87. The number of hydrogen-bond donors (Lipinski definition) is 3. The quantitative estimate of drug-likeness (QED) is 0.102. The topological polar surface area (TPSA) is 114 Å². The van der Waals surface area contributed by atoms with Crippen molar-refractivity contribution in [3.05, 3.63) is 118 Å². The summed E-state index contributed by atoms with van der Waals surface area (Å²) in [7, 11) is 1.41. The molecule has 1 heterocycles. The van der Waals surface area contributed by atoms with Gasteiger partial charge in [-0.3, -0.25) is 9.59 Å². The van der Waals surface area contributed by atoms with Crippen molar-refractivity contribution in [2.75, 3.05) is 24.4 Å². The van der Waals surface area contributed by atoms with E-state index >= 15 is 0 Å². The molecule has 0 spiro atoms. The Morgan fingerprint density at radius 1 is 1.04 bits per heavy atom. The van der Waals surface area contributed by atoms with Crippen LogP contribution < -0.4 is 25.5 Å². The van der Waals surface area contributed by atoms with Crippen molar-refractivity contribution in [2.45, 2.75) is 6.92 Å². The number of para-hydroxylation sites is 1. The van der Waals surface area contributed by atoms with E-state index in [1.807, 2.05) is 48.7 Å². The first-order chi connectivity index (χ1) is 21.8. The maximum Gasteiger partial charge on any atom is 0.271 e. The second kappa shape index (κ2) is 14.5. The Bertz CT molecular complexity index is 1850. The maximum atomic E-state index is 13.8. The number of amides is 2. The number of carbonyl (C=O) groups excluding carboxylic acids is 2. The fraction of sp³-hybridized carbons (Fsp3) is 0.0909. The normalized spacial score (nSPS) is 10.8. The first-order valence-electron chi connectivity index (χ1n) is 13.6. The van der Waals surface area contributed by atoms with Gasteiger partial charge < -0.3 is 20.1 Å². The molecule has 4 aromatic carbocycles. The zero-order valence-electron chi connectivity index (χ0n) is 24.1. The summed E-state index contributed by atoms with van der Waals surface area (Å²) in [5, 5.41) is 12.6. The molecule has 0 atom stereocenters. The van der Waals surface area contributed by atoms with Crippen molar-refractivity contribution < 1.29 is 23.5 Å². The summed E-state index contributed by atoms with van der Waals surface area (Å²) in [4.78, 5) is 29.6. The van der Waals surface area contributed by atoms with E-state index in [9.17, 15) is 14.0 Å². The Morgan fingerprint density at radius 3 is 2.53 bits per heavy atom. The van der Waals surface area contributed by atoms with Crippen molar-refractivity contribution in [3.63, 3.8) is 0 Å². The summed E-state index contributed by atoms with van der Waals surface area (Å²) in [6.45, 7) is 1.61. The molecule has 0 saturated heterocycles. The largest absolute Gasteiger partial charge is 0.493 e. The van der Waals surface area contributed by atoms with Crippen LogP contribution in [0.25, 0.3) is 11.3 Å². The number of carbonyl (C=O) groups is 2. The van der Waals surface area contributed by atoms with Crippen LogP contribution in [0.15, 0.2) is 95.4 Å². The average Bonchev–Trinajstić information content (AvgIpc) is 3.51. The molecule has 0 aliphatic carbocycles. The Morgan fingerprint density at radius 2 is 1.80 bits per heavy atom. The minimum atomic E-state index is -0.578. The number of aromatic nitrogens is 1. The molecule has 0 aliphatic heterocycles. The van der Waals surface area contributed by atoms with Gasteiger partial charge in [-0.1, -0.05) is 53.6 Å². The number of hydrazone groups is 1. The molecule has 2 amide bonds. The minimum Gasteiger partial charge on any atom is -0.493 e. The molecule has 0 bridgehead atoms. The molecule has 0 fully saturated rings. The Labute approximate surface area is 267 Å². The third-order valence-electron chi connectivity index (χ3n) is 6.38. The lowest BCUT2D eigenvalue weighted by molar-refractivity contribution is -0.118. The molecule has 1 aromatic heterocycles. The Hall–Kier alpha value is -5.26. The zero-order chi connectivity index (χ0) is 31.8. The lowest BCUT2D eigenvalue weighted by atomic mass is 10.1. The van der Waals surface area contributed by atoms with Crippen molar-refractivity contribution in [1.29, 1.82) is 0 Å². The van der Waals surface area contributed by atoms with Crippen LogP contribution in [0.4, 0.5) is 20.9 Å². The highest BCUT2D eigenvalue weighted by molar-refractivity contribution is 7.14. The fourth-order valence-corrected chi connectivity index (χ4v) is 5.10. The number of benzene rings is 4. The van der Waals surface area contributed by atoms with Crippen LogP contribution in [-0.4, -0.2) is 36.7 Å². The molecule has 228 valence electrons. The third kappa shape index (κ3) is 8.22. The number of aryl methyl sites for hydroxylation is 1. The van der Waals surface area contributed by atoms with Crippen LogP contribution in [0, 0.1) is 12.7 Å². The molecule has 12 heteroatoms. The van der Waals surface area contributed by atoms with Gasteiger partial charge in [0.25, 0.3) is 11.8 Å². The number of rotatable bonds is 11. The number of anilines is 3. The fourth-order valence-electron chi connectivity index (χ4n) is 4.09. The summed E-state index contributed by atoms with van der Waals surface area (Å²) in [6.07, 6.45) is 1.40. The monoisotopic (exact) mass is 643 g/mol. The van der Waals surface area contributed by atoms with Crippen LogP contribution in [0.2, 0.25) is 5.02 Å². The lowest BCUT2D eigenvalue weighted by Gasteiger charge is -2.13. The van der Waals surface area contributed by atoms with Gasteiger partial charge in [0.05, 0.1) is 29.7 Å². The first-order valence-corrected chi connectivity index (χ1v) is 14.8. The molecule has 0 aliphatic rings. The molecule has 0 radical (unpaired) electrons. The van der Waals surface area contributed by atoms with Gasteiger partial charge in [-0.05, 0) is 61.0 Å². The molecule has 45 heavy (non-hydrogen) atoms. The van der Waals surface area contributed by atoms with E-state index in [2.05, 4.69) is 26.1 Å². The SMILES string of the molecule is COc1cc(/C=N/NC(=O)c2ccc(-c3csc(Nc4ccc(C)cc4)n3)cc2)cc(Cl)c1OCC(=O)Nc1ccccc1F. The van der Waals surface area contributed by atoms with E-state index in [0.717, 1.165) is 22.1 Å². The van der Waals surface area contributed by atoms with Crippen LogP contribution in [0.5, 0.6) is 11.5 Å². The highest BCUT2D eigenvalue weighted by atomic mass is 35.5. The Kier molecular flexibility index (Phi) is 10.0. The number of halogens is 2. The zero-order valence-corrected chi connectivity index (χ0v) is 25.7. The smallest absolute Gasteiger partial charge is 0.271 e. The van der Waals surface area contributed by atoms with Crippen molar-refractivity contribution in [2.24, 2.45) is 5.10 Å². The van der Waals surface area contributed by atoms with Crippen molar-refractivity contribution >= 4 is 57.5 Å². The van der Waals surface area contributed by atoms with E-state index in [-0.39, 0.29) is 22.2 Å². The molecule has 5 aromatic rings. The number of nitrogens with one attached hydrogen (secondary N) is 3. The molecule has 5 rings (SSSR count). The maximum absolute atomic E-state index is 13.8. The molecular formula is C33H27ClFN5O4S. The van der Waals surface area contributed by atoms with Gasteiger partial charge in [0.1, 0.15) is 5.82 Å². The van der Waals surface area contributed by atoms with Gasteiger partial charge in [0.15, 0.2) is 23.2 Å². The second-order valence-corrected chi connectivity index (χ2v) is 10.9. The summed E-state index contributed by atoms with van der Waals surface area (Å²) < 4.78 is 24.7. The van der Waals surface area contributed by atoms with E-state index < -0.39 is 24.2 Å². The van der Waals surface area contributed by atoms with Gasteiger partial charge in [0.2, 0.25) is 0 Å². The van der Waals surface area contributed by atoms with Crippen LogP contribution >= 0.6 is 22.9 Å².